The predicted molar refractivity (Wildman–Crippen MR) is 305 cm³/mol. The van der Waals surface area contributed by atoms with E-state index in [0.717, 1.165) is 22.7 Å². The summed E-state index contributed by atoms with van der Waals surface area (Å²) in [4.78, 5) is 2.47. The van der Waals surface area contributed by atoms with Crippen LogP contribution < -0.4 is 4.90 Å². The molecular formula is C68H44N2S. The van der Waals surface area contributed by atoms with Crippen molar-refractivity contribution in [2.75, 3.05) is 4.90 Å². The van der Waals surface area contributed by atoms with E-state index in [1.165, 1.54) is 108 Å². The van der Waals surface area contributed by atoms with E-state index >= 15 is 0 Å². The van der Waals surface area contributed by atoms with Gasteiger partial charge in [0.1, 0.15) is 0 Å². The number of hydrogen-bond donors (Lipinski definition) is 0. The molecule has 0 atom stereocenters. The Hall–Kier alpha value is -9.02. The first-order valence-corrected chi connectivity index (χ1v) is 25.1. The van der Waals surface area contributed by atoms with E-state index in [1.54, 1.807) is 0 Å². The molecule has 0 saturated heterocycles. The molecule has 0 radical (unpaired) electrons. The molecule has 2 nitrogen and oxygen atoms in total. The van der Waals surface area contributed by atoms with E-state index in [1.807, 2.05) is 11.3 Å². The third kappa shape index (κ3) is 6.85. The summed E-state index contributed by atoms with van der Waals surface area (Å²) in [6.07, 6.45) is 0. The van der Waals surface area contributed by atoms with Gasteiger partial charge in [-0.3, -0.25) is 0 Å². The first-order valence-electron chi connectivity index (χ1n) is 24.3. The molecule has 3 heteroatoms. The van der Waals surface area contributed by atoms with Crippen LogP contribution in [0.25, 0.3) is 114 Å². The number of benzene rings is 12. The van der Waals surface area contributed by atoms with Crippen molar-refractivity contribution in [3.8, 4) is 50.2 Å². The number of rotatable bonds is 8. The lowest BCUT2D eigenvalue weighted by Gasteiger charge is -2.27. The van der Waals surface area contributed by atoms with Crippen molar-refractivity contribution in [2.24, 2.45) is 0 Å². The maximum Gasteiger partial charge on any atom is 0.0555 e. The van der Waals surface area contributed by atoms with E-state index in [0.29, 0.717) is 0 Å². The summed E-state index contributed by atoms with van der Waals surface area (Å²) in [7, 11) is 0. The van der Waals surface area contributed by atoms with Crippen LogP contribution in [-0.4, -0.2) is 4.57 Å². The maximum atomic E-state index is 2.47. The van der Waals surface area contributed by atoms with Crippen LogP contribution >= 0.6 is 11.3 Å². The molecule has 0 aliphatic heterocycles. The van der Waals surface area contributed by atoms with Gasteiger partial charge < -0.3 is 9.47 Å². The van der Waals surface area contributed by atoms with Crippen molar-refractivity contribution in [1.82, 2.24) is 4.57 Å². The Morgan fingerprint density at radius 2 is 0.859 bits per heavy atom. The minimum absolute atomic E-state index is 1.09. The summed E-state index contributed by atoms with van der Waals surface area (Å²) in [5, 5.41) is 10.0. The van der Waals surface area contributed by atoms with Gasteiger partial charge in [0.15, 0.2) is 0 Å². The molecule has 2 heterocycles. The number of para-hydroxylation sites is 2. The zero-order valence-corrected chi connectivity index (χ0v) is 39.5. The van der Waals surface area contributed by atoms with Crippen LogP contribution in [0.1, 0.15) is 0 Å². The number of nitrogens with zero attached hydrogens (tertiary/aromatic N) is 2. The third-order valence-electron chi connectivity index (χ3n) is 14.4. The zero-order chi connectivity index (χ0) is 46.8. The normalized spacial score (nSPS) is 11.7. The molecule has 0 bridgehead atoms. The van der Waals surface area contributed by atoms with Crippen molar-refractivity contribution < 1.29 is 0 Å². The van der Waals surface area contributed by atoms with Crippen LogP contribution in [0.15, 0.2) is 267 Å². The minimum atomic E-state index is 1.09. The highest BCUT2D eigenvalue weighted by Crippen LogP contribution is 2.50. The van der Waals surface area contributed by atoms with Crippen LogP contribution in [0.3, 0.4) is 0 Å². The fourth-order valence-corrected chi connectivity index (χ4v) is 12.4. The maximum absolute atomic E-state index is 2.47. The molecule has 0 unspecified atom stereocenters. The van der Waals surface area contributed by atoms with E-state index in [-0.39, 0.29) is 0 Å². The number of fused-ring (bicyclic) bond motifs is 8. The second kappa shape index (κ2) is 16.9. The number of hydrogen-bond acceptors (Lipinski definition) is 2. The van der Waals surface area contributed by atoms with E-state index in [9.17, 15) is 0 Å². The second-order valence-corrected chi connectivity index (χ2v) is 19.4. The summed E-state index contributed by atoms with van der Waals surface area (Å²) >= 11 is 1.89. The zero-order valence-electron chi connectivity index (χ0n) is 38.7. The quantitative estimate of drug-likeness (QED) is 0.147. The molecule has 0 fully saturated rings. The Balaban J connectivity index is 0.939. The van der Waals surface area contributed by atoms with Crippen LogP contribution in [0, 0.1) is 0 Å². The summed E-state index contributed by atoms with van der Waals surface area (Å²) in [5.41, 5.74) is 16.6. The van der Waals surface area contributed by atoms with Crippen LogP contribution in [0.2, 0.25) is 0 Å². The largest absolute Gasteiger partial charge is 0.310 e. The highest BCUT2D eigenvalue weighted by Gasteiger charge is 2.23. The van der Waals surface area contributed by atoms with E-state index in [4.69, 9.17) is 0 Å². The van der Waals surface area contributed by atoms with Gasteiger partial charge in [-0.2, -0.15) is 0 Å². The van der Waals surface area contributed by atoms with Gasteiger partial charge >= 0.3 is 0 Å². The number of thiophene rings is 1. The molecule has 0 saturated carbocycles. The molecule has 0 aliphatic carbocycles. The predicted octanol–water partition coefficient (Wildman–Crippen LogP) is 19.6. The number of aromatic nitrogens is 1. The molecule has 0 spiro atoms. The van der Waals surface area contributed by atoms with Crippen molar-refractivity contribution in [2.45, 2.75) is 0 Å². The van der Waals surface area contributed by atoms with Gasteiger partial charge in [0.25, 0.3) is 0 Å². The molecule has 14 rings (SSSR count). The van der Waals surface area contributed by atoms with Crippen LogP contribution in [-0.2, 0) is 0 Å². The van der Waals surface area contributed by atoms with E-state index < -0.39 is 0 Å². The average Bonchev–Trinajstić information content (AvgIpc) is 4.01. The van der Waals surface area contributed by atoms with Gasteiger partial charge in [-0.1, -0.05) is 200 Å². The molecule has 12 aromatic carbocycles. The molecule has 332 valence electrons. The Morgan fingerprint density at radius 1 is 0.310 bits per heavy atom. The Morgan fingerprint density at radius 3 is 1.62 bits per heavy atom. The second-order valence-electron chi connectivity index (χ2n) is 18.4. The molecular weight excluding hydrogens is 877 g/mol. The lowest BCUT2D eigenvalue weighted by Crippen LogP contribution is -2.10. The first-order chi connectivity index (χ1) is 35.2. The fourth-order valence-electron chi connectivity index (χ4n) is 11.1. The van der Waals surface area contributed by atoms with Gasteiger partial charge in [0.2, 0.25) is 0 Å². The highest BCUT2D eigenvalue weighted by atomic mass is 32.1. The molecule has 0 amide bonds. The number of anilines is 3. The minimum Gasteiger partial charge on any atom is -0.310 e. The SMILES string of the molecule is c1ccc(-n2c3ccccc3c3c(-c4ccc(N(c5ccc(-c6cccc(-c7cccc8ccccc78)c6)cc5)c5ccc(-c6cccc7ccccc67)c6sc7ccccc7c56)cc4)cccc32)cc1. The molecule has 14 aromatic rings. The van der Waals surface area contributed by atoms with Gasteiger partial charge in [0.05, 0.1) is 16.7 Å². The smallest absolute Gasteiger partial charge is 0.0555 e. The van der Waals surface area contributed by atoms with Crippen molar-refractivity contribution in [1.29, 1.82) is 0 Å². The summed E-state index contributed by atoms with van der Waals surface area (Å²) in [6.45, 7) is 0. The lowest BCUT2D eigenvalue weighted by molar-refractivity contribution is 1.18. The molecule has 0 aliphatic rings. The third-order valence-corrected chi connectivity index (χ3v) is 15.6. The average molecular weight is 921 g/mol. The summed E-state index contributed by atoms with van der Waals surface area (Å²) in [5.74, 6) is 0. The fraction of sp³-hybridized carbons (Fsp3) is 0. The highest BCUT2D eigenvalue weighted by molar-refractivity contribution is 7.26. The summed E-state index contributed by atoms with van der Waals surface area (Å²) < 4.78 is 4.95. The van der Waals surface area contributed by atoms with Crippen molar-refractivity contribution in [3.05, 3.63) is 267 Å². The van der Waals surface area contributed by atoms with Gasteiger partial charge in [0, 0.05) is 53.6 Å². The Bertz CT molecular complexity index is 4320. The van der Waals surface area contributed by atoms with Crippen LogP contribution in [0.4, 0.5) is 17.1 Å². The monoisotopic (exact) mass is 920 g/mol. The van der Waals surface area contributed by atoms with Crippen LogP contribution in [0.5, 0.6) is 0 Å². The Labute approximate surface area is 416 Å². The molecule has 2 aromatic heterocycles. The lowest BCUT2D eigenvalue weighted by atomic mass is 9.95. The standard InChI is InChI=1S/C68H44N2S/c1-2-22-51(23-3-1)70-62-31-10-8-26-60(62)66-57(29-15-32-63(66)70)48-36-40-53(41-37-48)69(52-38-34-45(35-39-52)49-20-12-21-50(44-49)56-28-13-18-46-16-4-6-24-54(46)56)64-43-42-59(58-30-14-19-47-17-5-7-25-55(47)58)68-67(64)61-27-9-11-33-65(61)71-68/h1-44H. The van der Waals surface area contributed by atoms with Gasteiger partial charge in [-0.15, -0.1) is 11.3 Å². The van der Waals surface area contributed by atoms with E-state index in [2.05, 4.69) is 276 Å². The molecule has 0 N–H and O–H groups in total. The van der Waals surface area contributed by atoms with Crippen molar-refractivity contribution >= 4 is 91.9 Å². The van der Waals surface area contributed by atoms with Gasteiger partial charge in [-0.25, -0.2) is 0 Å². The topological polar surface area (TPSA) is 8.17 Å². The Kier molecular flexibility index (Phi) is 9.75. The summed E-state index contributed by atoms with van der Waals surface area (Å²) in [6, 6.07) is 97.9. The molecule has 71 heavy (non-hydrogen) atoms. The van der Waals surface area contributed by atoms with Crippen molar-refractivity contribution in [3.63, 3.8) is 0 Å². The van der Waals surface area contributed by atoms with Gasteiger partial charge in [-0.05, 0) is 127 Å². The first kappa shape index (κ1) is 41.0.